The number of nitrogens with one attached hydrogen (secondary N) is 1. The third-order valence-electron chi connectivity index (χ3n) is 2.45. The normalized spacial score (nSPS) is 10.2. The van der Waals surface area contributed by atoms with Gasteiger partial charge in [-0.1, -0.05) is 34.1 Å². The predicted octanol–water partition coefficient (Wildman–Crippen LogP) is 2.02. The SMILES string of the molecule is CCN(C)C(=O)CNCc1ccccc1Br. The summed E-state index contributed by atoms with van der Waals surface area (Å²) in [6.07, 6.45) is 0. The highest BCUT2D eigenvalue weighted by Gasteiger charge is 2.05. The number of nitrogens with zero attached hydrogens (tertiary/aromatic N) is 1. The van der Waals surface area contributed by atoms with E-state index in [9.17, 15) is 4.79 Å². The summed E-state index contributed by atoms with van der Waals surface area (Å²) in [4.78, 5) is 13.2. The van der Waals surface area contributed by atoms with Gasteiger partial charge in [-0.15, -0.1) is 0 Å². The van der Waals surface area contributed by atoms with Crippen LogP contribution in [0.25, 0.3) is 0 Å². The summed E-state index contributed by atoms with van der Waals surface area (Å²) in [6.45, 7) is 3.79. The minimum Gasteiger partial charge on any atom is -0.345 e. The van der Waals surface area contributed by atoms with Gasteiger partial charge in [-0.05, 0) is 18.6 Å². The first-order valence-electron chi connectivity index (χ1n) is 5.33. The second kappa shape index (κ2) is 6.66. The molecule has 0 unspecified atom stereocenters. The van der Waals surface area contributed by atoms with Gasteiger partial charge >= 0.3 is 0 Å². The van der Waals surface area contributed by atoms with Crippen LogP contribution in [-0.2, 0) is 11.3 Å². The van der Waals surface area contributed by atoms with Gasteiger partial charge in [0.2, 0.25) is 5.91 Å². The summed E-state index contributed by atoms with van der Waals surface area (Å²) >= 11 is 3.47. The summed E-state index contributed by atoms with van der Waals surface area (Å²) in [5.41, 5.74) is 1.16. The molecule has 0 saturated heterocycles. The zero-order chi connectivity index (χ0) is 12.0. The molecule has 0 saturated carbocycles. The van der Waals surface area contributed by atoms with Crippen molar-refractivity contribution in [2.24, 2.45) is 0 Å². The molecule has 1 N–H and O–H groups in total. The highest BCUT2D eigenvalue weighted by Crippen LogP contribution is 2.14. The van der Waals surface area contributed by atoms with Crippen molar-refractivity contribution < 1.29 is 4.79 Å². The van der Waals surface area contributed by atoms with Crippen LogP contribution in [0.3, 0.4) is 0 Å². The molecule has 4 heteroatoms. The van der Waals surface area contributed by atoms with Crippen LogP contribution in [0.15, 0.2) is 28.7 Å². The molecule has 16 heavy (non-hydrogen) atoms. The Balaban J connectivity index is 2.36. The third kappa shape index (κ3) is 3.94. The fourth-order valence-corrected chi connectivity index (χ4v) is 1.68. The molecule has 0 heterocycles. The molecule has 3 nitrogen and oxygen atoms in total. The van der Waals surface area contributed by atoms with Crippen molar-refractivity contribution in [3.63, 3.8) is 0 Å². The maximum Gasteiger partial charge on any atom is 0.236 e. The lowest BCUT2D eigenvalue weighted by Crippen LogP contribution is -2.35. The Morgan fingerprint density at radius 3 is 2.75 bits per heavy atom. The molecule has 0 bridgehead atoms. The zero-order valence-corrected chi connectivity index (χ0v) is 11.3. The van der Waals surface area contributed by atoms with Crippen molar-refractivity contribution in [1.82, 2.24) is 10.2 Å². The summed E-state index contributed by atoms with van der Waals surface area (Å²) in [5.74, 6) is 0.120. The Bertz CT molecular complexity index is 355. The topological polar surface area (TPSA) is 32.3 Å². The first kappa shape index (κ1) is 13.2. The molecule has 0 spiro atoms. The van der Waals surface area contributed by atoms with Gasteiger partial charge in [0.1, 0.15) is 0 Å². The summed E-state index contributed by atoms with van der Waals surface area (Å²) in [7, 11) is 1.81. The number of benzene rings is 1. The molecule has 1 aromatic carbocycles. The van der Waals surface area contributed by atoms with Crippen molar-refractivity contribution >= 4 is 21.8 Å². The zero-order valence-electron chi connectivity index (χ0n) is 9.66. The van der Waals surface area contributed by atoms with Crippen molar-refractivity contribution in [3.05, 3.63) is 34.3 Å². The summed E-state index contributed by atoms with van der Waals surface area (Å²) in [6, 6.07) is 7.99. The van der Waals surface area contributed by atoms with E-state index in [0.29, 0.717) is 13.1 Å². The van der Waals surface area contributed by atoms with Crippen LogP contribution in [0.1, 0.15) is 12.5 Å². The number of hydrogen-bond acceptors (Lipinski definition) is 2. The van der Waals surface area contributed by atoms with Crippen LogP contribution in [0.5, 0.6) is 0 Å². The third-order valence-corrected chi connectivity index (χ3v) is 3.22. The number of carbonyl (C=O) groups is 1. The molecule has 0 radical (unpaired) electrons. The van der Waals surface area contributed by atoms with E-state index in [2.05, 4.69) is 21.2 Å². The molecule has 0 aliphatic carbocycles. The first-order chi connectivity index (χ1) is 7.65. The van der Waals surface area contributed by atoms with E-state index >= 15 is 0 Å². The first-order valence-corrected chi connectivity index (χ1v) is 6.12. The van der Waals surface area contributed by atoms with Crippen molar-refractivity contribution in [2.45, 2.75) is 13.5 Å². The second-order valence-corrected chi connectivity index (χ2v) is 4.46. The maximum atomic E-state index is 11.5. The smallest absolute Gasteiger partial charge is 0.236 e. The fourth-order valence-electron chi connectivity index (χ4n) is 1.26. The maximum absolute atomic E-state index is 11.5. The van der Waals surface area contributed by atoms with E-state index in [1.807, 2.05) is 38.2 Å². The average molecular weight is 285 g/mol. The van der Waals surface area contributed by atoms with E-state index in [1.165, 1.54) is 0 Å². The largest absolute Gasteiger partial charge is 0.345 e. The standard InChI is InChI=1S/C12H17BrN2O/c1-3-15(2)12(16)9-14-8-10-6-4-5-7-11(10)13/h4-7,14H,3,8-9H2,1-2H3. The molecule has 0 aromatic heterocycles. The molecular weight excluding hydrogens is 268 g/mol. The van der Waals surface area contributed by atoms with E-state index in [-0.39, 0.29) is 5.91 Å². The predicted molar refractivity (Wildman–Crippen MR) is 69.2 cm³/mol. The van der Waals surface area contributed by atoms with Crippen LogP contribution in [-0.4, -0.2) is 30.9 Å². The Morgan fingerprint density at radius 1 is 1.44 bits per heavy atom. The van der Waals surface area contributed by atoms with E-state index in [4.69, 9.17) is 0 Å². The van der Waals surface area contributed by atoms with Crippen LogP contribution in [0, 0.1) is 0 Å². The second-order valence-electron chi connectivity index (χ2n) is 3.60. The minimum atomic E-state index is 0.120. The van der Waals surface area contributed by atoms with Gasteiger partial charge in [-0.25, -0.2) is 0 Å². The van der Waals surface area contributed by atoms with Crippen LogP contribution < -0.4 is 5.32 Å². The van der Waals surface area contributed by atoms with Gasteiger partial charge in [0, 0.05) is 24.6 Å². The van der Waals surface area contributed by atoms with Gasteiger partial charge in [0.05, 0.1) is 6.54 Å². The summed E-state index contributed by atoms with van der Waals surface area (Å²) in [5, 5.41) is 3.14. The Hall–Kier alpha value is -0.870. The highest BCUT2D eigenvalue weighted by molar-refractivity contribution is 9.10. The van der Waals surface area contributed by atoms with Gasteiger partial charge in [-0.2, -0.15) is 0 Å². The number of rotatable bonds is 5. The Morgan fingerprint density at radius 2 is 2.12 bits per heavy atom. The number of hydrogen-bond donors (Lipinski definition) is 1. The van der Waals surface area contributed by atoms with Crippen LogP contribution >= 0.6 is 15.9 Å². The number of likely N-dealkylation sites (N-methyl/N-ethyl adjacent to an activating group) is 1. The number of halogens is 1. The van der Waals surface area contributed by atoms with Gasteiger partial charge < -0.3 is 10.2 Å². The molecule has 1 aromatic rings. The lowest BCUT2D eigenvalue weighted by atomic mass is 10.2. The number of carbonyl (C=O) groups excluding carboxylic acids is 1. The van der Waals surface area contributed by atoms with Gasteiger partial charge in [-0.3, -0.25) is 4.79 Å². The molecule has 1 rings (SSSR count). The van der Waals surface area contributed by atoms with Crippen LogP contribution in [0.2, 0.25) is 0 Å². The van der Waals surface area contributed by atoms with Gasteiger partial charge in [0.25, 0.3) is 0 Å². The molecule has 88 valence electrons. The molecule has 1 amide bonds. The van der Waals surface area contributed by atoms with E-state index < -0.39 is 0 Å². The molecule has 0 fully saturated rings. The summed E-state index contributed by atoms with van der Waals surface area (Å²) < 4.78 is 1.07. The monoisotopic (exact) mass is 284 g/mol. The lowest BCUT2D eigenvalue weighted by molar-refractivity contribution is -0.128. The van der Waals surface area contributed by atoms with Crippen molar-refractivity contribution in [2.75, 3.05) is 20.1 Å². The van der Waals surface area contributed by atoms with Crippen molar-refractivity contribution in [3.8, 4) is 0 Å². The average Bonchev–Trinajstić information content (AvgIpc) is 2.30. The van der Waals surface area contributed by atoms with Crippen molar-refractivity contribution in [1.29, 1.82) is 0 Å². The lowest BCUT2D eigenvalue weighted by Gasteiger charge is -2.14. The quantitative estimate of drug-likeness (QED) is 0.897. The molecule has 0 atom stereocenters. The Labute approximate surface area is 105 Å². The van der Waals surface area contributed by atoms with E-state index in [1.54, 1.807) is 4.90 Å². The van der Waals surface area contributed by atoms with Gasteiger partial charge in [0.15, 0.2) is 0 Å². The number of amides is 1. The molecule has 0 aliphatic heterocycles. The van der Waals surface area contributed by atoms with Crippen LogP contribution in [0.4, 0.5) is 0 Å². The molecular formula is C12H17BrN2O. The minimum absolute atomic E-state index is 0.120. The highest BCUT2D eigenvalue weighted by atomic mass is 79.9. The van der Waals surface area contributed by atoms with E-state index in [0.717, 1.165) is 16.6 Å². The Kier molecular flexibility index (Phi) is 5.49. The fraction of sp³-hybridized carbons (Fsp3) is 0.417. The molecule has 0 aliphatic rings.